The number of carboxylic acid groups (broad SMARTS) is 1. The van der Waals surface area contributed by atoms with E-state index >= 15 is 0 Å². The molecule has 102 valence electrons. The number of nitro benzene ring substituents is 1. The molecule has 1 N–H and O–H groups in total. The van der Waals surface area contributed by atoms with Crippen LogP contribution >= 0.6 is 11.6 Å². The molecule has 0 bridgehead atoms. The van der Waals surface area contributed by atoms with E-state index in [1.54, 1.807) is 0 Å². The van der Waals surface area contributed by atoms with Gasteiger partial charge in [-0.05, 0) is 12.5 Å². The number of hydrogen-bond acceptors (Lipinski definition) is 5. The first-order chi connectivity index (χ1) is 8.95. The number of carbonyl (C=O) groups is 2. The lowest BCUT2D eigenvalue weighted by atomic mass is 10.2. The zero-order valence-electron chi connectivity index (χ0n) is 9.67. The summed E-state index contributed by atoms with van der Waals surface area (Å²) >= 11 is 5.78. The molecular formula is C11H10ClNO6. The highest BCUT2D eigenvalue weighted by atomic mass is 35.5. The van der Waals surface area contributed by atoms with E-state index in [0.717, 1.165) is 12.1 Å². The summed E-state index contributed by atoms with van der Waals surface area (Å²) in [5, 5.41) is 19.1. The van der Waals surface area contributed by atoms with Crippen LogP contribution in [0.3, 0.4) is 0 Å². The molecule has 8 heteroatoms. The number of nitro groups is 1. The van der Waals surface area contributed by atoms with Crippen LogP contribution in [0.25, 0.3) is 0 Å². The van der Waals surface area contributed by atoms with Gasteiger partial charge in [-0.25, -0.2) is 0 Å². The van der Waals surface area contributed by atoms with Crippen molar-refractivity contribution in [1.29, 1.82) is 0 Å². The van der Waals surface area contributed by atoms with Gasteiger partial charge in [0.25, 0.3) is 5.69 Å². The van der Waals surface area contributed by atoms with Crippen molar-refractivity contribution in [3.63, 3.8) is 0 Å². The molecule has 0 saturated carbocycles. The third-order valence-electron chi connectivity index (χ3n) is 2.20. The maximum atomic E-state index is 10.7. The van der Waals surface area contributed by atoms with E-state index in [-0.39, 0.29) is 35.8 Å². The molecule has 19 heavy (non-hydrogen) atoms. The molecule has 0 aliphatic carbocycles. The van der Waals surface area contributed by atoms with Gasteiger partial charge >= 0.3 is 5.97 Å². The van der Waals surface area contributed by atoms with Gasteiger partial charge in [0, 0.05) is 12.5 Å². The average molecular weight is 288 g/mol. The number of carbonyl (C=O) groups excluding carboxylic acids is 1. The highest BCUT2D eigenvalue weighted by Gasteiger charge is 2.17. The largest absolute Gasteiger partial charge is 0.492 e. The second-order valence-corrected chi connectivity index (χ2v) is 3.97. The number of aliphatic carboxylic acids is 1. The van der Waals surface area contributed by atoms with Crippen LogP contribution < -0.4 is 4.74 Å². The van der Waals surface area contributed by atoms with E-state index in [0.29, 0.717) is 6.29 Å². The van der Waals surface area contributed by atoms with Crippen molar-refractivity contribution in [3.8, 4) is 5.75 Å². The van der Waals surface area contributed by atoms with Gasteiger partial charge in [-0.1, -0.05) is 11.6 Å². The van der Waals surface area contributed by atoms with Gasteiger partial charge in [-0.2, -0.15) is 0 Å². The van der Waals surface area contributed by atoms with E-state index in [9.17, 15) is 19.7 Å². The molecule has 0 unspecified atom stereocenters. The molecule has 0 aliphatic rings. The van der Waals surface area contributed by atoms with Crippen LogP contribution in [0.1, 0.15) is 23.2 Å². The predicted octanol–water partition coefficient (Wildman–Crippen LogP) is 2.30. The van der Waals surface area contributed by atoms with Crippen LogP contribution in [0.15, 0.2) is 12.1 Å². The highest BCUT2D eigenvalue weighted by Crippen LogP contribution is 2.31. The Morgan fingerprint density at radius 1 is 1.53 bits per heavy atom. The number of hydrogen-bond donors (Lipinski definition) is 1. The number of benzene rings is 1. The molecule has 0 fully saturated rings. The van der Waals surface area contributed by atoms with Crippen LogP contribution in [0.4, 0.5) is 5.69 Å². The zero-order chi connectivity index (χ0) is 14.4. The summed E-state index contributed by atoms with van der Waals surface area (Å²) in [5.74, 6) is -0.841. The topological polar surface area (TPSA) is 107 Å². The molecule has 0 atom stereocenters. The number of carboxylic acids is 1. The van der Waals surface area contributed by atoms with Crippen molar-refractivity contribution < 1.29 is 24.4 Å². The molecule has 0 aromatic heterocycles. The molecule has 0 heterocycles. The highest BCUT2D eigenvalue weighted by molar-refractivity contribution is 6.32. The third-order valence-corrected chi connectivity index (χ3v) is 2.49. The number of halogens is 1. The normalized spacial score (nSPS) is 9.95. The summed E-state index contributed by atoms with van der Waals surface area (Å²) in [7, 11) is 0. The summed E-state index contributed by atoms with van der Waals surface area (Å²) in [6, 6.07) is 2.19. The second kappa shape index (κ2) is 6.69. The lowest BCUT2D eigenvalue weighted by Gasteiger charge is -2.08. The van der Waals surface area contributed by atoms with Crippen LogP contribution in [0.2, 0.25) is 5.02 Å². The molecular weight excluding hydrogens is 278 g/mol. The first-order valence-corrected chi connectivity index (χ1v) is 5.61. The van der Waals surface area contributed by atoms with Crippen LogP contribution in [0.5, 0.6) is 5.75 Å². The lowest BCUT2D eigenvalue weighted by molar-refractivity contribution is -0.385. The summed E-state index contributed by atoms with van der Waals surface area (Å²) in [4.78, 5) is 31.0. The van der Waals surface area contributed by atoms with Crippen molar-refractivity contribution in [3.05, 3.63) is 32.8 Å². The Morgan fingerprint density at radius 2 is 2.21 bits per heavy atom. The van der Waals surface area contributed by atoms with Gasteiger partial charge in [0.2, 0.25) is 0 Å². The van der Waals surface area contributed by atoms with E-state index in [2.05, 4.69) is 0 Å². The van der Waals surface area contributed by atoms with Gasteiger partial charge in [-0.3, -0.25) is 19.7 Å². The summed E-state index contributed by atoms with van der Waals surface area (Å²) in [6.07, 6.45) is 0.531. The van der Waals surface area contributed by atoms with E-state index in [4.69, 9.17) is 21.4 Å². The Kier molecular flexibility index (Phi) is 5.25. The molecule has 7 nitrogen and oxygen atoms in total. The Morgan fingerprint density at radius 3 is 2.74 bits per heavy atom. The Hall–Kier alpha value is -2.15. The number of nitrogens with zero attached hydrogens (tertiary/aromatic N) is 1. The molecule has 0 aliphatic heterocycles. The average Bonchev–Trinajstić information content (AvgIpc) is 2.35. The Labute approximate surface area is 112 Å². The van der Waals surface area contributed by atoms with E-state index in [1.165, 1.54) is 0 Å². The molecule has 1 aromatic carbocycles. The fourth-order valence-electron chi connectivity index (χ4n) is 1.33. The second-order valence-electron chi connectivity index (χ2n) is 3.56. The van der Waals surface area contributed by atoms with Gasteiger partial charge < -0.3 is 9.84 Å². The number of ether oxygens (including phenoxy) is 1. The van der Waals surface area contributed by atoms with Crippen LogP contribution in [-0.4, -0.2) is 28.9 Å². The van der Waals surface area contributed by atoms with Crippen molar-refractivity contribution in [2.45, 2.75) is 12.8 Å². The fraction of sp³-hybridized carbons (Fsp3) is 0.273. The number of aldehydes is 1. The lowest BCUT2D eigenvalue weighted by Crippen LogP contribution is -2.03. The molecule has 0 amide bonds. The van der Waals surface area contributed by atoms with E-state index < -0.39 is 16.6 Å². The maximum Gasteiger partial charge on any atom is 0.303 e. The maximum absolute atomic E-state index is 10.7. The molecule has 1 aromatic rings. The van der Waals surface area contributed by atoms with Gasteiger partial charge in [0.15, 0.2) is 6.29 Å². The third kappa shape index (κ3) is 4.22. The van der Waals surface area contributed by atoms with E-state index in [1.807, 2.05) is 0 Å². The minimum absolute atomic E-state index is 0.00683. The summed E-state index contributed by atoms with van der Waals surface area (Å²) in [6.45, 7) is 0.0854. The van der Waals surface area contributed by atoms with Crippen molar-refractivity contribution in [2.75, 3.05) is 6.61 Å². The molecule has 0 radical (unpaired) electrons. The molecule has 0 saturated heterocycles. The first-order valence-electron chi connectivity index (χ1n) is 5.23. The monoisotopic (exact) mass is 287 g/mol. The quantitative estimate of drug-likeness (QED) is 0.357. The van der Waals surface area contributed by atoms with Gasteiger partial charge in [0.05, 0.1) is 22.1 Å². The molecule has 0 spiro atoms. The minimum Gasteiger partial charge on any atom is -0.492 e. The van der Waals surface area contributed by atoms with Crippen LogP contribution in [0, 0.1) is 10.1 Å². The fourth-order valence-corrected chi connectivity index (χ4v) is 1.54. The SMILES string of the molecule is O=Cc1cc(OCCCC(=O)O)c(Cl)cc1[N+](=O)[O-]. The van der Waals surface area contributed by atoms with Gasteiger partial charge in [0.1, 0.15) is 5.75 Å². The Balaban J connectivity index is 2.82. The first kappa shape index (κ1) is 14.9. The van der Waals surface area contributed by atoms with Crippen molar-refractivity contribution >= 4 is 29.5 Å². The van der Waals surface area contributed by atoms with Gasteiger partial charge in [-0.15, -0.1) is 0 Å². The number of rotatable bonds is 7. The summed E-state index contributed by atoms with van der Waals surface area (Å²) < 4.78 is 5.19. The van der Waals surface area contributed by atoms with Crippen molar-refractivity contribution in [1.82, 2.24) is 0 Å². The smallest absolute Gasteiger partial charge is 0.303 e. The van der Waals surface area contributed by atoms with Crippen LogP contribution in [-0.2, 0) is 4.79 Å². The standard InChI is InChI=1S/C11H10ClNO6/c12-8-5-9(13(17)18)7(6-14)4-10(8)19-3-1-2-11(15)16/h4-6H,1-3H2,(H,15,16). The Bertz CT molecular complexity index is 516. The van der Waals surface area contributed by atoms with Crippen molar-refractivity contribution in [2.24, 2.45) is 0 Å². The minimum atomic E-state index is -0.952. The predicted molar refractivity (Wildman–Crippen MR) is 65.9 cm³/mol. The zero-order valence-corrected chi connectivity index (χ0v) is 10.4. The summed E-state index contributed by atoms with van der Waals surface area (Å²) in [5.41, 5.74) is -0.555. The molecule has 1 rings (SSSR count).